The van der Waals surface area contributed by atoms with Gasteiger partial charge in [-0.15, -0.1) is 0 Å². The van der Waals surface area contributed by atoms with E-state index in [9.17, 15) is 27.6 Å². The van der Waals surface area contributed by atoms with Crippen LogP contribution in [0.15, 0.2) is 76.1 Å². The molecule has 1 aliphatic rings. The molecule has 206 valence electrons. The Morgan fingerprint density at radius 2 is 1.67 bits per heavy atom. The minimum absolute atomic E-state index is 0.0495. The van der Waals surface area contributed by atoms with Gasteiger partial charge in [0.1, 0.15) is 18.6 Å². The predicted molar refractivity (Wildman–Crippen MR) is 134 cm³/mol. The summed E-state index contributed by atoms with van der Waals surface area (Å²) in [5.74, 6) is -0.481. The Morgan fingerprint density at radius 1 is 1.00 bits per heavy atom. The van der Waals surface area contributed by atoms with Crippen molar-refractivity contribution in [1.29, 1.82) is 0 Å². The standard InChI is InChI=1S/C28H27F3N2O6/c1-19(34)39-26(21-5-3-2-4-6-21)27(36)33-13-11-32(12-14-33)16-23-15-24(35)25(18-37-23)38-17-20-7-9-22(10-8-20)28(29,30)31/h2-10,15,18,26H,11-14,16-17H2,1H3. The number of benzene rings is 2. The molecule has 0 radical (unpaired) electrons. The maximum absolute atomic E-state index is 13.1. The quantitative estimate of drug-likeness (QED) is 0.393. The second kappa shape index (κ2) is 12.2. The predicted octanol–water partition coefficient (Wildman–Crippen LogP) is 4.19. The first-order valence-corrected chi connectivity index (χ1v) is 12.2. The number of carbonyl (C=O) groups excluding carboxylic acids is 2. The number of rotatable bonds is 8. The highest BCUT2D eigenvalue weighted by Crippen LogP contribution is 2.29. The van der Waals surface area contributed by atoms with Crippen LogP contribution in [0.2, 0.25) is 0 Å². The molecule has 0 bridgehead atoms. The number of nitrogens with zero attached hydrogens (tertiary/aromatic N) is 2. The Kier molecular flexibility index (Phi) is 8.70. The molecule has 0 N–H and O–H groups in total. The molecular formula is C28H27F3N2O6. The van der Waals surface area contributed by atoms with Crippen molar-refractivity contribution in [3.8, 4) is 5.75 Å². The summed E-state index contributed by atoms with van der Waals surface area (Å²) in [6, 6.07) is 14.6. The van der Waals surface area contributed by atoms with E-state index < -0.39 is 29.2 Å². The van der Waals surface area contributed by atoms with Crippen molar-refractivity contribution in [2.24, 2.45) is 0 Å². The monoisotopic (exact) mass is 544 g/mol. The lowest BCUT2D eigenvalue weighted by Gasteiger charge is -2.35. The van der Waals surface area contributed by atoms with Gasteiger partial charge in [-0.05, 0) is 17.7 Å². The Labute approximate surface area is 222 Å². The first-order chi connectivity index (χ1) is 18.6. The molecule has 2 aromatic carbocycles. The molecule has 1 fully saturated rings. The van der Waals surface area contributed by atoms with Gasteiger partial charge in [-0.3, -0.25) is 19.3 Å². The molecule has 0 aliphatic carbocycles. The number of ether oxygens (including phenoxy) is 2. The van der Waals surface area contributed by atoms with Gasteiger partial charge in [0.05, 0.1) is 12.1 Å². The number of carbonyl (C=O) groups is 2. The molecule has 1 unspecified atom stereocenters. The van der Waals surface area contributed by atoms with Gasteiger partial charge in [0, 0.05) is 44.7 Å². The number of hydrogen-bond donors (Lipinski definition) is 0. The molecule has 1 amide bonds. The lowest BCUT2D eigenvalue weighted by Crippen LogP contribution is -2.50. The molecule has 0 spiro atoms. The molecule has 0 saturated carbocycles. The second-order valence-corrected chi connectivity index (χ2v) is 9.06. The first-order valence-electron chi connectivity index (χ1n) is 12.2. The molecule has 1 aliphatic heterocycles. The van der Waals surface area contributed by atoms with Crippen LogP contribution >= 0.6 is 0 Å². The smallest absolute Gasteiger partial charge is 0.416 e. The Bertz CT molecular complexity index is 1330. The Balaban J connectivity index is 1.30. The number of hydrogen-bond acceptors (Lipinski definition) is 7. The zero-order valence-electron chi connectivity index (χ0n) is 21.1. The summed E-state index contributed by atoms with van der Waals surface area (Å²) in [6.07, 6.45) is -4.25. The topological polar surface area (TPSA) is 89.3 Å². The Morgan fingerprint density at radius 3 is 2.26 bits per heavy atom. The molecule has 39 heavy (non-hydrogen) atoms. The third-order valence-corrected chi connectivity index (χ3v) is 6.20. The fraction of sp³-hybridized carbons (Fsp3) is 0.321. The van der Waals surface area contributed by atoms with Crippen molar-refractivity contribution >= 4 is 11.9 Å². The normalized spacial score (nSPS) is 15.0. The summed E-state index contributed by atoms with van der Waals surface area (Å²) in [7, 11) is 0. The third kappa shape index (κ3) is 7.47. The maximum Gasteiger partial charge on any atom is 0.416 e. The number of alkyl halides is 3. The van der Waals surface area contributed by atoms with Crippen LogP contribution < -0.4 is 10.2 Å². The van der Waals surface area contributed by atoms with Crippen molar-refractivity contribution in [2.75, 3.05) is 26.2 Å². The van der Waals surface area contributed by atoms with Crippen molar-refractivity contribution in [3.63, 3.8) is 0 Å². The minimum Gasteiger partial charge on any atom is -0.482 e. The minimum atomic E-state index is -4.42. The van der Waals surface area contributed by atoms with E-state index in [1.807, 2.05) is 11.0 Å². The average Bonchev–Trinajstić information content (AvgIpc) is 2.91. The molecule has 1 atom stereocenters. The zero-order valence-corrected chi connectivity index (χ0v) is 21.1. The van der Waals surface area contributed by atoms with E-state index in [0.717, 1.165) is 12.1 Å². The zero-order chi connectivity index (χ0) is 28.0. The van der Waals surface area contributed by atoms with Gasteiger partial charge in [-0.2, -0.15) is 13.2 Å². The van der Waals surface area contributed by atoms with Crippen LogP contribution in [0.4, 0.5) is 13.2 Å². The van der Waals surface area contributed by atoms with Crippen LogP contribution in [0.1, 0.15) is 35.5 Å². The van der Waals surface area contributed by atoms with E-state index in [0.29, 0.717) is 49.6 Å². The van der Waals surface area contributed by atoms with E-state index in [4.69, 9.17) is 13.9 Å². The van der Waals surface area contributed by atoms with Gasteiger partial charge in [-0.1, -0.05) is 42.5 Å². The van der Waals surface area contributed by atoms with E-state index >= 15 is 0 Å². The van der Waals surface area contributed by atoms with Crippen molar-refractivity contribution < 1.29 is 36.7 Å². The highest BCUT2D eigenvalue weighted by Gasteiger charge is 2.31. The summed E-state index contributed by atoms with van der Waals surface area (Å²) < 4.78 is 54.4. The van der Waals surface area contributed by atoms with Gasteiger partial charge in [0.25, 0.3) is 5.91 Å². The lowest BCUT2D eigenvalue weighted by molar-refractivity contribution is -0.160. The van der Waals surface area contributed by atoms with Gasteiger partial charge in [0.15, 0.2) is 0 Å². The summed E-state index contributed by atoms with van der Waals surface area (Å²) in [5, 5.41) is 0. The molecule has 1 aromatic heterocycles. The van der Waals surface area contributed by atoms with E-state index in [1.165, 1.54) is 31.4 Å². The highest BCUT2D eigenvalue weighted by molar-refractivity contribution is 5.84. The molecule has 11 heteroatoms. The van der Waals surface area contributed by atoms with Crippen LogP contribution in [0.3, 0.4) is 0 Å². The van der Waals surface area contributed by atoms with Crippen LogP contribution in [0.25, 0.3) is 0 Å². The fourth-order valence-electron chi connectivity index (χ4n) is 4.15. The second-order valence-electron chi connectivity index (χ2n) is 9.06. The number of amides is 1. The third-order valence-electron chi connectivity index (χ3n) is 6.20. The van der Waals surface area contributed by atoms with Crippen LogP contribution in [-0.2, 0) is 33.7 Å². The number of halogens is 3. The average molecular weight is 545 g/mol. The van der Waals surface area contributed by atoms with Crippen LogP contribution in [0, 0.1) is 0 Å². The van der Waals surface area contributed by atoms with Crippen molar-refractivity contribution in [3.05, 3.63) is 99.6 Å². The molecule has 1 saturated heterocycles. The van der Waals surface area contributed by atoms with Crippen molar-refractivity contribution in [2.45, 2.75) is 32.4 Å². The highest BCUT2D eigenvalue weighted by atomic mass is 19.4. The van der Waals surface area contributed by atoms with Crippen molar-refractivity contribution in [1.82, 2.24) is 9.80 Å². The first kappa shape index (κ1) is 27.9. The molecule has 2 heterocycles. The Hall–Kier alpha value is -4.12. The molecule has 4 rings (SSSR count). The van der Waals surface area contributed by atoms with Crippen LogP contribution in [-0.4, -0.2) is 47.9 Å². The summed E-state index contributed by atoms with van der Waals surface area (Å²) in [6.45, 7) is 3.36. The largest absolute Gasteiger partial charge is 0.482 e. The lowest BCUT2D eigenvalue weighted by atomic mass is 10.1. The summed E-state index contributed by atoms with van der Waals surface area (Å²) >= 11 is 0. The molecular weight excluding hydrogens is 517 g/mol. The molecule has 3 aromatic rings. The van der Waals surface area contributed by atoms with E-state index in [-0.39, 0.29) is 18.3 Å². The van der Waals surface area contributed by atoms with E-state index in [1.54, 1.807) is 29.2 Å². The summed E-state index contributed by atoms with van der Waals surface area (Å²) in [5.41, 5.74) is -0.102. The SMILES string of the molecule is CC(=O)OC(C(=O)N1CCN(Cc2cc(=O)c(OCc3ccc(C(F)(F)F)cc3)co2)CC1)c1ccccc1. The van der Waals surface area contributed by atoms with Gasteiger partial charge in [0.2, 0.25) is 17.3 Å². The van der Waals surface area contributed by atoms with Gasteiger partial charge < -0.3 is 18.8 Å². The summed E-state index contributed by atoms with van der Waals surface area (Å²) in [4.78, 5) is 40.9. The fourth-order valence-corrected chi connectivity index (χ4v) is 4.15. The van der Waals surface area contributed by atoms with E-state index in [2.05, 4.69) is 0 Å². The van der Waals surface area contributed by atoms with Gasteiger partial charge >= 0.3 is 12.1 Å². The van der Waals surface area contributed by atoms with Gasteiger partial charge in [-0.25, -0.2) is 0 Å². The van der Waals surface area contributed by atoms with Crippen LogP contribution in [0.5, 0.6) is 5.75 Å². The maximum atomic E-state index is 13.1. The molecule has 8 nitrogen and oxygen atoms in total. The number of esters is 1. The number of piperazine rings is 1.